The van der Waals surface area contributed by atoms with Gasteiger partial charge in [-0.2, -0.15) is 0 Å². The summed E-state index contributed by atoms with van der Waals surface area (Å²) < 4.78 is 6.35. The number of hydrogen-bond acceptors (Lipinski definition) is 4. The average Bonchev–Trinajstić information content (AvgIpc) is 2.51. The third kappa shape index (κ3) is 5.07. The van der Waals surface area contributed by atoms with Crippen LogP contribution in [0.2, 0.25) is 0 Å². The van der Waals surface area contributed by atoms with Gasteiger partial charge in [0.15, 0.2) is 6.61 Å². The van der Waals surface area contributed by atoms with Crippen LogP contribution in [0.15, 0.2) is 47.2 Å². The van der Waals surface area contributed by atoms with Gasteiger partial charge in [-0.05, 0) is 39.7 Å². The number of nitrogens with zero attached hydrogens (tertiary/aromatic N) is 1. The van der Waals surface area contributed by atoms with Gasteiger partial charge in [0, 0.05) is 42.2 Å². The fourth-order valence-electron chi connectivity index (χ4n) is 1.67. The van der Waals surface area contributed by atoms with Crippen molar-refractivity contribution in [3.63, 3.8) is 0 Å². The first-order chi connectivity index (χ1) is 10.2. The van der Waals surface area contributed by atoms with Gasteiger partial charge in [-0.1, -0.05) is 6.07 Å². The number of halogens is 1. The van der Waals surface area contributed by atoms with Gasteiger partial charge in [0.25, 0.3) is 5.91 Å². The zero-order chi connectivity index (χ0) is 15.1. The molecule has 21 heavy (non-hydrogen) atoms. The number of anilines is 1. The maximum absolute atomic E-state index is 11.1. The van der Waals surface area contributed by atoms with Gasteiger partial charge in [0.05, 0.1) is 0 Å². The van der Waals surface area contributed by atoms with Crippen LogP contribution in [0.1, 0.15) is 5.56 Å². The van der Waals surface area contributed by atoms with Gasteiger partial charge in [-0.25, -0.2) is 0 Å². The van der Waals surface area contributed by atoms with Gasteiger partial charge >= 0.3 is 0 Å². The van der Waals surface area contributed by atoms with Crippen LogP contribution >= 0.6 is 15.9 Å². The Labute approximate surface area is 131 Å². The molecule has 1 amide bonds. The number of nitrogens with one attached hydrogen (secondary N) is 2. The lowest BCUT2D eigenvalue weighted by atomic mass is 10.2. The number of carbonyl (C=O) groups excluding carboxylic acids is 1. The van der Waals surface area contributed by atoms with Crippen LogP contribution in [0.3, 0.4) is 0 Å². The molecule has 0 saturated carbocycles. The van der Waals surface area contributed by atoms with Gasteiger partial charge in [-0.3, -0.25) is 9.78 Å². The summed E-state index contributed by atoms with van der Waals surface area (Å²) in [5.74, 6) is 0.490. The minimum atomic E-state index is -0.159. The predicted molar refractivity (Wildman–Crippen MR) is 85.3 cm³/mol. The third-order valence-electron chi connectivity index (χ3n) is 2.74. The van der Waals surface area contributed by atoms with Crippen LogP contribution in [-0.2, 0) is 11.3 Å². The van der Waals surface area contributed by atoms with E-state index >= 15 is 0 Å². The zero-order valence-electron chi connectivity index (χ0n) is 11.6. The van der Waals surface area contributed by atoms with Crippen LogP contribution in [0, 0.1) is 0 Å². The van der Waals surface area contributed by atoms with Crippen molar-refractivity contribution in [2.24, 2.45) is 0 Å². The Balaban J connectivity index is 1.93. The summed E-state index contributed by atoms with van der Waals surface area (Å²) in [5.41, 5.74) is 1.99. The molecular weight excluding hydrogens is 334 g/mol. The van der Waals surface area contributed by atoms with Crippen LogP contribution in [0.25, 0.3) is 0 Å². The summed E-state index contributed by atoms with van der Waals surface area (Å²) in [6, 6.07) is 9.49. The Morgan fingerprint density at radius 1 is 1.33 bits per heavy atom. The topological polar surface area (TPSA) is 63.2 Å². The first-order valence-electron chi connectivity index (χ1n) is 6.44. The summed E-state index contributed by atoms with van der Waals surface area (Å²) >= 11 is 3.39. The van der Waals surface area contributed by atoms with Crippen molar-refractivity contribution in [3.8, 4) is 5.75 Å². The second-order valence-electron chi connectivity index (χ2n) is 4.35. The minimum absolute atomic E-state index is 0.00943. The largest absolute Gasteiger partial charge is 0.484 e. The van der Waals surface area contributed by atoms with E-state index < -0.39 is 0 Å². The van der Waals surface area contributed by atoms with Crippen LogP contribution < -0.4 is 15.4 Å². The molecule has 2 aromatic rings. The molecule has 110 valence electrons. The molecule has 5 nitrogen and oxygen atoms in total. The average molecular weight is 350 g/mol. The lowest BCUT2D eigenvalue weighted by Crippen LogP contribution is -2.24. The summed E-state index contributed by atoms with van der Waals surface area (Å²) in [7, 11) is 1.58. The monoisotopic (exact) mass is 349 g/mol. The summed E-state index contributed by atoms with van der Waals surface area (Å²) in [6.45, 7) is 0.668. The van der Waals surface area contributed by atoms with E-state index in [-0.39, 0.29) is 12.5 Å². The Hall–Kier alpha value is -2.08. The number of hydrogen-bond donors (Lipinski definition) is 2. The molecule has 0 saturated heterocycles. The molecule has 0 aliphatic carbocycles. The highest BCUT2D eigenvalue weighted by molar-refractivity contribution is 9.10. The summed E-state index contributed by atoms with van der Waals surface area (Å²) in [5, 5.41) is 5.80. The molecule has 2 rings (SSSR count). The Kier molecular flexibility index (Phi) is 5.57. The Morgan fingerprint density at radius 3 is 2.95 bits per heavy atom. The standard InChI is InChI=1S/C15H16BrN3O2/c1-17-15(20)10-21-14-4-2-3-13(6-14)19-8-11-5-12(16)9-18-7-11/h2-7,9,19H,8,10H2,1H3,(H,17,20). The van der Waals surface area contributed by atoms with Crippen molar-refractivity contribution in [2.45, 2.75) is 6.54 Å². The first-order valence-corrected chi connectivity index (χ1v) is 7.23. The summed E-state index contributed by atoms with van der Waals surface area (Å²) in [6.07, 6.45) is 3.56. The maximum atomic E-state index is 11.1. The molecule has 0 fully saturated rings. The molecule has 1 aromatic heterocycles. The molecule has 1 heterocycles. The van der Waals surface area contributed by atoms with E-state index in [0.717, 1.165) is 15.7 Å². The Bertz CT molecular complexity index is 619. The van der Waals surface area contributed by atoms with E-state index in [4.69, 9.17) is 4.74 Å². The normalized spacial score (nSPS) is 10.0. The number of pyridine rings is 1. The van der Waals surface area contributed by atoms with E-state index in [1.807, 2.05) is 36.5 Å². The van der Waals surface area contributed by atoms with Gasteiger partial charge in [0.1, 0.15) is 5.75 Å². The van der Waals surface area contributed by atoms with E-state index in [0.29, 0.717) is 12.3 Å². The van der Waals surface area contributed by atoms with E-state index in [1.54, 1.807) is 13.2 Å². The Morgan fingerprint density at radius 2 is 2.19 bits per heavy atom. The highest BCUT2D eigenvalue weighted by Crippen LogP contribution is 2.18. The number of amides is 1. The molecule has 2 N–H and O–H groups in total. The molecule has 0 radical (unpaired) electrons. The number of carbonyl (C=O) groups is 1. The van der Waals surface area contributed by atoms with Crippen LogP contribution in [-0.4, -0.2) is 24.5 Å². The SMILES string of the molecule is CNC(=O)COc1cccc(NCc2cncc(Br)c2)c1. The molecule has 1 aromatic carbocycles. The molecule has 0 atom stereocenters. The minimum Gasteiger partial charge on any atom is -0.484 e. The maximum Gasteiger partial charge on any atom is 0.257 e. The van der Waals surface area contributed by atoms with Crippen molar-refractivity contribution in [1.82, 2.24) is 10.3 Å². The predicted octanol–water partition coefficient (Wildman–Crippen LogP) is 2.58. The molecule has 0 aliphatic heterocycles. The van der Waals surface area contributed by atoms with E-state index in [2.05, 4.69) is 31.5 Å². The van der Waals surface area contributed by atoms with Gasteiger partial charge in [-0.15, -0.1) is 0 Å². The fourth-order valence-corrected chi connectivity index (χ4v) is 2.09. The van der Waals surface area contributed by atoms with E-state index in [1.165, 1.54) is 0 Å². The first kappa shape index (κ1) is 15.3. The zero-order valence-corrected chi connectivity index (χ0v) is 13.2. The number of aromatic nitrogens is 1. The van der Waals surface area contributed by atoms with Crippen LogP contribution in [0.5, 0.6) is 5.75 Å². The van der Waals surface area contributed by atoms with E-state index in [9.17, 15) is 4.79 Å². The molecular formula is C15H16BrN3O2. The smallest absolute Gasteiger partial charge is 0.257 e. The number of rotatable bonds is 6. The number of benzene rings is 1. The fraction of sp³-hybridized carbons (Fsp3) is 0.200. The van der Waals surface area contributed by atoms with Crippen molar-refractivity contribution >= 4 is 27.5 Å². The van der Waals surface area contributed by atoms with Crippen molar-refractivity contribution in [2.75, 3.05) is 19.0 Å². The number of ether oxygens (including phenoxy) is 1. The van der Waals surface area contributed by atoms with Gasteiger partial charge < -0.3 is 15.4 Å². The molecule has 0 spiro atoms. The summed E-state index contributed by atoms with van der Waals surface area (Å²) in [4.78, 5) is 15.3. The molecule has 0 bridgehead atoms. The molecule has 0 aliphatic rings. The molecule has 6 heteroatoms. The number of likely N-dealkylation sites (N-methyl/N-ethyl adjacent to an activating group) is 1. The van der Waals surface area contributed by atoms with Crippen molar-refractivity contribution in [1.29, 1.82) is 0 Å². The van der Waals surface area contributed by atoms with Gasteiger partial charge in [0.2, 0.25) is 0 Å². The second-order valence-corrected chi connectivity index (χ2v) is 5.27. The van der Waals surface area contributed by atoms with Crippen molar-refractivity contribution < 1.29 is 9.53 Å². The third-order valence-corrected chi connectivity index (χ3v) is 3.17. The quantitative estimate of drug-likeness (QED) is 0.841. The molecule has 0 unspecified atom stereocenters. The lowest BCUT2D eigenvalue weighted by molar-refractivity contribution is -0.122. The lowest BCUT2D eigenvalue weighted by Gasteiger charge is -2.09. The van der Waals surface area contributed by atoms with Crippen molar-refractivity contribution in [3.05, 3.63) is 52.8 Å². The highest BCUT2D eigenvalue weighted by atomic mass is 79.9. The second kappa shape index (κ2) is 7.64. The van der Waals surface area contributed by atoms with Crippen LogP contribution in [0.4, 0.5) is 5.69 Å². The highest BCUT2D eigenvalue weighted by Gasteiger charge is 2.01.